The molecule has 1 rings (SSSR count). The van der Waals surface area contributed by atoms with Gasteiger partial charge in [-0.1, -0.05) is 6.07 Å². The normalized spacial score (nSPS) is 9.32. The number of rotatable bonds is 7. The van der Waals surface area contributed by atoms with Crippen molar-refractivity contribution in [1.82, 2.24) is 5.32 Å². The van der Waals surface area contributed by atoms with Gasteiger partial charge in [0.15, 0.2) is 0 Å². The molecule has 0 bridgehead atoms. The summed E-state index contributed by atoms with van der Waals surface area (Å²) in [5.74, 6) is -0.120. The molecule has 1 aromatic carbocycles. The fourth-order valence-electron chi connectivity index (χ4n) is 1.30. The molecule has 0 atom stereocenters. The number of carbonyl (C=O) groups is 2. The minimum atomic E-state index is -0.513. The second kappa shape index (κ2) is 9.18. The van der Waals surface area contributed by atoms with Crippen molar-refractivity contribution in [2.45, 2.75) is 6.42 Å². The Bertz CT molecular complexity index is 426. The molecule has 6 nitrogen and oxygen atoms in total. The fraction of sp³-hybridized carbons (Fsp3) is 0.333. The molecule has 0 aliphatic carbocycles. The summed E-state index contributed by atoms with van der Waals surface area (Å²) in [6.07, 6.45) is 0.237. The van der Waals surface area contributed by atoms with Crippen LogP contribution in [0.25, 0.3) is 0 Å². The lowest BCUT2D eigenvalue weighted by molar-refractivity contribution is -0.121. The van der Waals surface area contributed by atoms with Crippen molar-refractivity contribution in [1.29, 1.82) is 0 Å². The number of carbonyl (C=O) groups excluding carboxylic acids is 2. The number of nitrogens with one attached hydrogen (secondary N) is 1. The summed E-state index contributed by atoms with van der Waals surface area (Å²) in [5, 5.41) is 2.63. The van der Waals surface area contributed by atoms with E-state index < -0.39 is 5.91 Å². The minimum absolute atomic E-state index is 0. The van der Waals surface area contributed by atoms with Gasteiger partial charge in [0.25, 0.3) is 0 Å². The first-order valence-electron chi connectivity index (χ1n) is 5.63. The van der Waals surface area contributed by atoms with E-state index in [2.05, 4.69) is 5.32 Å². The van der Waals surface area contributed by atoms with Gasteiger partial charge in [-0.05, 0) is 18.2 Å². The summed E-state index contributed by atoms with van der Waals surface area (Å²) >= 11 is 0. The molecule has 0 aromatic heterocycles. The number of hydrogen-bond acceptors (Lipinski definition) is 4. The van der Waals surface area contributed by atoms with Crippen LogP contribution in [-0.2, 0) is 4.79 Å². The van der Waals surface area contributed by atoms with Gasteiger partial charge in [0.1, 0.15) is 5.75 Å². The van der Waals surface area contributed by atoms with Gasteiger partial charge in [-0.25, -0.2) is 0 Å². The summed E-state index contributed by atoms with van der Waals surface area (Å²) in [6.45, 7) is 1.10. The van der Waals surface area contributed by atoms with Gasteiger partial charge in [0.05, 0.1) is 13.0 Å². The highest BCUT2D eigenvalue weighted by Crippen LogP contribution is 2.12. The molecule has 0 saturated heterocycles. The second-order valence-electron chi connectivity index (χ2n) is 3.63. The molecule has 0 aliphatic rings. The first-order valence-corrected chi connectivity index (χ1v) is 5.63. The standard InChI is InChI=1S/C12H17N3O3.ClH/c13-5-6-15-11(16)4-7-18-10-3-1-2-9(8-10)12(14)17;/h1-3,8H,4-7,13H2,(H2,14,17)(H,15,16);1H. The van der Waals surface area contributed by atoms with E-state index in [4.69, 9.17) is 16.2 Å². The van der Waals surface area contributed by atoms with Crippen molar-refractivity contribution >= 4 is 24.2 Å². The van der Waals surface area contributed by atoms with Crippen molar-refractivity contribution in [3.05, 3.63) is 29.8 Å². The third-order valence-corrected chi connectivity index (χ3v) is 2.18. The van der Waals surface area contributed by atoms with Crippen molar-refractivity contribution in [3.63, 3.8) is 0 Å². The summed E-state index contributed by atoms with van der Waals surface area (Å²) < 4.78 is 5.35. The molecular formula is C12H18ClN3O3. The largest absolute Gasteiger partial charge is 0.493 e. The molecule has 0 saturated carbocycles. The highest BCUT2D eigenvalue weighted by atomic mass is 35.5. The number of hydrogen-bond donors (Lipinski definition) is 3. The fourth-order valence-corrected chi connectivity index (χ4v) is 1.30. The average molecular weight is 288 g/mol. The van der Waals surface area contributed by atoms with Crippen LogP contribution in [0.3, 0.4) is 0 Å². The van der Waals surface area contributed by atoms with Crippen LogP contribution in [0.1, 0.15) is 16.8 Å². The molecule has 0 radical (unpaired) electrons. The zero-order valence-electron chi connectivity index (χ0n) is 10.4. The molecule has 0 aliphatic heterocycles. The predicted molar refractivity (Wildman–Crippen MR) is 74.4 cm³/mol. The Kier molecular flexibility index (Phi) is 8.32. The van der Waals surface area contributed by atoms with E-state index >= 15 is 0 Å². The van der Waals surface area contributed by atoms with Crippen molar-refractivity contribution < 1.29 is 14.3 Å². The van der Waals surface area contributed by atoms with Gasteiger partial charge < -0.3 is 21.5 Å². The van der Waals surface area contributed by atoms with Gasteiger partial charge >= 0.3 is 0 Å². The van der Waals surface area contributed by atoms with Gasteiger partial charge in [0, 0.05) is 18.7 Å². The van der Waals surface area contributed by atoms with E-state index in [-0.39, 0.29) is 31.3 Å². The van der Waals surface area contributed by atoms with Gasteiger partial charge in [0.2, 0.25) is 11.8 Å². The lowest BCUT2D eigenvalue weighted by Crippen LogP contribution is -2.29. The Labute approximate surface area is 117 Å². The first kappa shape index (κ1) is 17.2. The Morgan fingerprint density at radius 3 is 2.68 bits per heavy atom. The molecule has 0 spiro atoms. The summed E-state index contributed by atoms with van der Waals surface area (Å²) in [4.78, 5) is 22.2. The predicted octanol–water partition coefficient (Wildman–Crippen LogP) is 0.0511. The highest BCUT2D eigenvalue weighted by molar-refractivity contribution is 5.93. The number of amides is 2. The van der Waals surface area contributed by atoms with Gasteiger partial charge in [-0.2, -0.15) is 0 Å². The number of benzene rings is 1. The van der Waals surface area contributed by atoms with E-state index in [1.54, 1.807) is 24.3 Å². The van der Waals surface area contributed by atoms with Crippen LogP contribution >= 0.6 is 12.4 Å². The maximum absolute atomic E-state index is 11.2. The number of nitrogens with two attached hydrogens (primary N) is 2. The zero-order valence-corrected chi connectivity index (χ0v) is 11.2. The molecule has 0 fully saturated rings. The highest BCUT2D eigenvalue weighted by Gasteiger charge is 2.03. The topological polar surface area (TPSA) is 107 Å². The minimum Gasteiger partial charge on any atom is -0.493 e. The van der Waals surface area contributed by atoms with Crippen LogP contribution in [0, 0.1) is 0 Å². The Hall–Kier alpha value is -1.79. The van der Waals surface area contributed by atoms with E-state index in [1.165, 1.54) is 0 Å². The molecule has 5 N–H and O–H groups in total. The van der Waals surface area contributed by atoms with Gasteiger partial charge in [-0.3, -0.25) is 9.59 Å². The maximum Gasteiger partial charge on any atom is 0.248 e. The molecule has 19 heavy (non-hydrogen) atoms. The summed E-state index contributed by atoms with van der Waals surface area (Å²) in [5.41, 5.74) is 10.8. The van der Waals surface area contributed by atoms with E-state index in [9.17, 15) is 9.59 Å². The maximum atomic E-state index is 11.2. The molecular weight excluding hydrogens is 270 g/mol. The quantitative estimate of drug-likeness (QED) is 0.658. The third kappa shape index (κ3) is 6.64. The average Bonchev–Trinajstić information content (AvgIpc) is 2.36. The summed E-state index contributed by atoms with van der Waals surface area (Å²) in [7, 11) is 0. The molecule has 1 aromatic rings. The monoisotopic (exact) mass is 287 g/mol. The third-order valence-electron chi connectivity index (χ3n) is 2.18. The van der Waals surface area contributed by atoms with Crippen molar-refractivity contribution in [2.24, 2.45) is 11.5 Å². The number of halogens is 1. The molecule has 0 unspecified atom stereocenters. The van der Waals surface area contributed by atoms with Crippen LogP contribution in [0.4, 0.5) is 0 Å². The molecule has 106 valence electrons. The van der Waals surface area contributed by atoms with Crippen LogP contribution in [0.2, 0.25) is 0 Å². The number of primary amides is 1. The SMILES string of the molecule is Cl.NCCNC(=O)CCOc1cccc(C(N)=O)c1. The zero-order chi connectivity index (χ0) is 13.4. The van der Waals surface area contributed by atoms with Crippen LogP contribution in [-0.4, -0.2) is 31.5 Å². The van der Waals surface area contributed by atoms with Crippen LogP contribution in [0.15, 0.2) is 24.3 Å². The Balaban J connectivity index is 0.00000324. The van der Waals surface area contributed by atoms with Crippen LogP contribution < -0.4 is 21.5 Å². The molecule has 7 heteroatoms. The van der Waals surface area contributed by atoms with Gasteiger partial charge in [-0.15, -0.1) is 12.4 Å². The first-order chi connectivity index (χ1) is 8.63. The second-order valence-corrected chi connectivity index (χ2v) is 3.63. The van der Waals surface area contributed by atoms with Crippen molar-refractivity contribution in [2.75, 3.05) is 19.7 Å². The van der Waals surface area contributed by atoms with E-state index in [0.717, 1.165) is 0 Å². The lowest BCUT2D eigenvalue weighted by atomic mass is 10.2. The van der Waals surface area contributed by atoms with E-state index in [0.29, 0.717) is 24.4 Å². The van der Waals surface area contributed by atoms with Crippen molar-refractivity contribution in [3.8, 4) is 5.75 Å². The molecule has 2 amide bonds. The Morgan fingerprint density at radius 2 is 2.05 bits per heavy atom. The molecule has 0 heterocycles. The lowest BCUT2D eigenvalue weighted by Gasteiger charge is -2.07. The van der Waals surface area contributed by atoms with Crippen LogP contribution in [0.5, 0.6) is 5.75 Å². The Morgan fingerprint density at radius 1 is 1.32 bits per heavy atom. The summed E-state index contributed by atoms with van der Waals surface area (Å²) in [6, 6.07) is 6.51. The van der Waals surface area contributed by atoms with E-state index in [1.807, 2.05) is 0 Å². The number of ether oxygens (including phenoxy) is 1. The smallest absolute Gasteiger partial charge is 0.248 e.